The molecular formula is C8H9O. The molecule has 1 unspecified atom stereocenters. The van der Waals surface area contributed by atoms with Gasteiger partial charge in [0.15, 0.2) is 0 Å². The van der Waals surface area contributed by atoms with Gasteiger partial charge in [-0.3, -0.25) is 0 Å². The molecule has 2 rings (SSSR count). The standard InChI is InChI=1S/C8H9O/c1-2-4-8-6-9-5-7(8)3-1/h1-3,5,8H,4,6H2. The van der Waals surface area contributed by atoms with Gasteiger partial charge >= 0.3 is 0 Å². The maximum absolute atomic E-state index is 5.16. The van der Waals surface area contributed by atoms with Crippen molar-refractivity contribution in [3.63, 3.8) is 0 Å². The van der Waals surface area contributed by atoms with Crippen molar-refractivity contribution >= 4 is 0 Å². The van der Waals surface area contributed by atoms with Gasteiger partial charge in [-0.05, 0) is 12.0 Å². The van der Waals surface area contributed by atoms with Crippen LogP contribution in [0.4, 0.5) is 0 Å². The van der Waals surface area contributed by atoms with Gasteiger partial charge in [0.2, 0.25) is 0 Å². The summed E-state index contributed by atoms with van der Waals surface area (Å²) in [5, 5.41) is 0. The summed E-state index contributed by atoms with van der Waals surface area (Å²) < 4.78 is 5.16. The van der Waals surface area contributed by atoms with Gasteiger partial charge in [-0.15, -0.1) is 0 Å². The van der Waals surface area contributed by atoms with Gasteiger partial charge in [-0.1, -0.05) is 18.2 Å². The molecule has 47 valence electrons. The Kier molecular flexibility index (Phi) is 1.16. The first kappa shape index (κ1) is 5.24. The van der Waals surface area contributed by atoms with Crippen LogP contribution >= 0.6 is 0 Å². The zero-order valence-electron chi connectivity index (χ0n) is 5.21. The van der Waals surface area contributed by atoms with Crippen LogP contribution in [0.1, 0.15) is 6.42 Å². The third kappa shape index (κ3) is 0.815. The minimum Gasteiger partial charge on any atom is -0.370 e. The highest BCUT2D eigenvalue weighted by molar-refractivity contribution is 5.27. The average Bonchev–Trinajstić information content (AvgIpc) is 2.33. The molecule has 0 bridgehead atoms. The van der Waals surface area contributed by atoms with Crippen molar-refractivity contribution in [3.8, 4) is 0 Å². The van der Waals surface area contributed by atoms with Crippen molar-refractivity contribution in [3.05, 3.63) is 30.4 Å². The number of hydrogen-bond donors (Lipinski definition) is 0. The Hall–Kier alpha value is -0.560. The fourth-order valence-electron chi connectivity index (χ4n) is 1.25. The lowest BCUT2D eigenvalue weighted by Crippen LogP contribution is -2.01. The average molecular weight is 121 g/mol. The van der Waals surface area contributed by atoms with Gasteiger partial charge in [0.1, 0.15) is 6.61 Å². The molecule has 1 atom stereocenters. The summed E-state index contributed by atoms with van der Waals surface area (Å²) in [6.45, 7) is 2.75. The maximum Gasteiger partial charge on any atom is 0.109 e. The number of fused-ring (bicyclic) bond motifs is 1. The fourth-order valence-corrected chi connectivity index (χ4v) is 1.25. The van der Waals surface area contributed by atoms with Crippen LogP contribution in [0.3, 0.4) is 0 Å². The molecule has 9 heavy (non-hydrogen) atoms. The molecule has 0 spiro atoms. The zero-order valence-corrected chi connectivity index (χ0v) is 5.21. The third-order valence-corrected chi connectivity index (χ3v) is 1.83. The molecule has 1 radical (unpaired) electrons. The Morgan fingerprint density at radius 2 is 2.56 bits per heavy atom. The zero-order chi connectivity index (χ0) is 6.10. The molecule has 1 heteroatoms. The normalized spacial score (nSPS) is 32.0. The summed E-state index contributed by atoms with van der Waals surface area (Å²) in [7, 11) is 0. The highest BCUT2D eigenvalue weighted by atomic mass is 16.5. The molecule has 1 saturated heterocycles. The van der Waals surface area contributed by atoms with Crippen molar-refractivity contribution in [2.24, 2.45) is 5.92 Å². The maximum atomic E-state index is 5.16. The van der Waals surface area contributed by atoms with Crippen molar-refractivity contribution < 1.29 is 4.74 Å². The van der Waals surface area contributed by atoms with Crippen LogP contribution in [-0.2, 0) is 4.74 Å². The van der Waals surface area contributed by atoms with E-state index in [1.54, 1.807) is 0 Å². The van der Waals surface area contributed by atoms with E-state index in [1.807, 2.05) is 6.61 Å². The van der Waals surface area contributed by atoms with Crippen LogP contribution in [0.25, 0.3) is 0 Å². The molecule has 1 aliphatic carbocycles. The van der Waals surface area contributed by atoms with E-state index in [0.29, 0.717) is 5.92 Å². The Bertz CT molecular complexity index is 167. The molecule has 2 aliphatic rings. The van der Waals surface area contributed by atoms with Crippen LogP contribution in [0.15, 0.2) is 23.8 Å². The Balaban J connectivity index is 2.23. The van der Waals surface area contributed by atoms with E-state index in [4.69, 9.17) is 4.74 Å². The Morgan fingerprint density at radius 3 is 3.44 bits per heavy atom. The molecule has 0 aromatic rings. The molecule has 0 aromatic carbocycles. The third-order valence-electron chi connectivity index (χ3n) is 1.83. The lowest BCUT2D eigenvalue weighted by atomic mass is 9.95. The topological polar surface area (TPSA) is 9.23 Å². The number of allylic oxidation sites excluding steroid dienone is 3. The van der Waals surface area contributed by atoms with Gasteiger partial charge in [-0.2, -0.15) is 0 Å². The molecular weight excluding hydrogens is 112 g/mol. The summed E-state index contributed by atoms with van der Waals surface area (Å²) in [5.41, 5.74) is 1.36. The molecule has 1 nitrogen and oxygen atoms in total. The second kappa shape index (κ2) is 1.99. The SMILES string of the molecule is [CH]1OCC2CC=CC=C12. The summed E-state index contributed by atoms with van der Waals surface area (Å²) in [5.74, 6) is 0.662. The van der Waals surface area contributed by atoms with Crippen molar-refractivity contribution in [1.29, 1.82) is 0 Å². The second-order valence-electron chi connectivity index (χ2n) is 2.48. The molecule has 1 aliphatic heterocycles. The van der Waals surface area contributed by atoms with Crippen LogP contribution in [-0.4, -0.2) is 6.61 Å². The largest absolute Gasteiger partial charge is 0.370 e. The molecule has 1 heterocycles. The molecule has 0 N–H and O–H groups in total. The summed E-state index contributed by atoms with van der Waals surface area (Å²) >= 11 is 0. The first-order valence-electron chi connectivity index (χ1n) is 3.28. The lowest BCUT2D eigenvalue weighted by Gasteiger charge is -2.08. The smallest absolute Gasteiger partial charge is 0.109 e. The first-order valence-corrected chi connectivity index (χ1v) is 3.28. The van der Waals surface area contributed by atoms with Gasteiger partial charge in [0, 0.05) is 5.92 Å². The minimum absolute atomic E-state index is 0.662. The number of rotatable bonds is 0. The Labute approximate surface area is 55.0 Å². The van der Waals surface area contributed by atoms with Crippen LogP contribution in [0, 0.1) is 12.5 Å². The van der Waals surface area contributed by atoms with Crippen LogP contribution in [0.2, 0.25) is 0 Å². The first-order chi connectivity index (χ1) is 4.47. The van der Waals surface area contributed by atoms with E-state index in [9.17, 15) is 0 Å². The highest BCUT2D eigenvalue weighted by Crippen LogP contribution is 2.28. The fraction of sp³-hybridized carbons (Fsp3) is 0.375. The van der Waals surface area contributed by atoms with E-state index >= 15 is 0 Å². The van der Waals surface area contributed by atoms with Crippen molar-refractivity contribution in [2.45, 2.75) is 6.42 Å². The van der Waals surface area contributed by atoms with E-state index < -0.39 is 0 Å². The van der Waals surface area contributed by atoms with Gasteiger partial charge in [0.05, 0.1) is 6.61 Å². The molecule has 0 aromatic heterocycles. The van der Waals surface area contributed by atoms with E-state index in [1.165, 1.54) is 5.57 Å². The van der Waals surface area contributed by atoms with Gasteiger partial charge in [0.25, 0.3) is 0 Å². The summed E-state index contributed by atoms with van der Waals surface area (Å²) in [6, 6.07) is 0. The summed E-state index contributed by atoms with van der Waals surface area (Å²) in [6.07, 6.45) is 7.57. The van der Waals surface area contributed by atoms with E-state index in [0.717, 1.165) is 13.0 Å². The van der Waals surface area contributed by atoms with Gasteiger partial charge in [-0.25, -0.2) is 0 Å². The Morgan fingerprint density at radius 1 is 1.56 bits per heavy atom. The van der Waals surface area contributed by atoms with Crippen molar-refractivity contribution in [2.75, 3.05) is 6.61 Å². The number of ether oxygens (including phenoxy) is 1. The van der Waals surface area contributed by atoms with Gasteiger partial charge < -0.3 is 4.74 Å². The highest BCUT2D eigenvalue weighted by Gasteiger charge is 2.21. The van der Waals surface area contributed by atoms with Crippen molar-refractivity contribution in [1.82, 2.24) is 0 Å². The van der Waals surface area contributed by atoms with Crippen LogP contribution in [0.5, 0.6) is 0 Å². The van der Waals surface area contributed by atoms with E-state index in [-0.39, 0.29) is 0 Å². The lowest BCUT2D eigenvalue weighted by molar-refractivity contribution is 0.234. The minimum atomic E-state index is 0.662. The van der Waals surface area contributed by atoms with E-state index in [2.05, 4.69) is 18.2 Å². The predicted octanol–water partition coefficient (Wildman–Crippen LogP) is 1.68. The quantitative estimate of drug-likeness (QED) is 0.473. The molecule has 0 saturated carbocycles. The monoisotopic (exact) mass is 121 g/mol. The molecule has 1 fully saturated rings. The summed E-state index contributed by atoms with van der Waals surface area (Å²) in [4.78, 5) is 0. The predicted molar refractivity (Wildman–Crippen MR) is 35.6 cm³/mol. The second-order valence-corrected chi connectivity index (χ2v) is 2.48. The number of hydrogen-bond acceptors (Lipinski definition) is 1. The molecule has 0 amide bonds. The van der Waals surface area contributed by atoms with Crippen LogP contribution < -0.4 is 0 Å².